The second-order valence-corrected chi connectivity index (χ2v) is 9.95. The summed E-state index contributed by atoms with van der Waals surface area (Å²) < 4.78 is 0. The summed E-state index contributed by atoms with van der Waals surface area (Å²) in [5, 5.41) is 8.84. The van der Waals surface area contributed by atoms with Gasteiger partial charge in [-0.2, -0.15) is 0 Å². The molecule has 0 saturated carbocycles. The van der Waals surface area contributed by atoms with Gasteiger partial charge < -0.3 is 5.11 Å². The van der Waals surface area contributed by atoms with E-state index in [9.17, 15) is 9.59 Å². The molecule has 1 aromatic carbocycles. The predicted octanol–water partition coefficient (Wildman–Crippen LogP) is 6.18. The number of benzene rings is 1. The largest absolute Gasteiger partial charge is 0.478 e. The van der Waals surface area contributed by atoms with E-state index in [-0.39, 0.29) is 5.78 Å². The number of ketones is 1. The number of allylic oxidation sites excluding steroid dienone is 1. The first-order chi connectivity index (χ1) is 13.6. The van der Waals surface area contributed by atoms with E-state index in [2.05, 4.69) is 20.8 Å². The number of thiophene rings is 1. The SMILES string of the molecule is Cc1cc(C=CC(=O)c2sc(C)c3c2CCC(C)(C)C3)cc(C)c1C=CC(=O)O. The van der Waals surface area contributed by atoms with Crippen molar-refractivity contribution < 1.29 is 14.7 Å². The second kappa shape index (κ2) is 8.11. The molecule has 1 N–H and O–H groups in total. The Morgan fingerprint density at radius 1 is 1.03 bits per heavy atom. The Balaban J connectivity index is 1.85. The average Bonchev–Trinajstić information content (AvgIpc) is 2.94. The van der Waals surface area contributed by atoms with Gasteiger partial charge in [-0.3, -0.25) is 4.79 Å². The third-order valence-electron chi connectivity index (χ3n) is 5.69. The Morgan fingerprint density at radius 2 is 1.69 bits per heavy atom. The summed E-state index contributed by atoms with van der Waals surface area (Å²) in [6, 6.07) is 3.96. The normalized spacial score (nSPS) is 15.8. The van der Waals surface area contributed by atoms with Gasteiger partial charge >= 0.3 is 5.97 Å². The Kier molecular flexibility index (Phi) is 5.95. The minimum absolute atomic E-state index is 0.0733. The number of hydrogen-bond acceptors (Lipinski definition) is 3. The number of carboxylic acids is 1. The molecule has 152 valence electrons. The van der Waals surface area contributed by atoms with E-state index in [0.29, 0.717) is 5.41 Å². The van der Waals surface area contributed by atoms with Crippen molar-refractivity contribution in [3.05, 3.63) is 67.4 Å². The zero-order chi connectivity index (χ0) is 21.3. The molecule has 0 spiro atoms. The third kappa shape index (κ3) is 4.76. The Hall–Kier alpha value is -2.46. The lowest BCUT2D eigenvalue weighted by Crippen LogP contribution is -2.22. The topological polar surface area (TPSA) is 54.4 Å². The van der Waals surface area contributed by atoms with Gasteiger partial charge in [0.05, 0.1) is 4.88 Å². The molecule has 1 aromatic heterocycles. The molecule has 0 aliphatic heterocycles. The third-order valence-corrected chi connectivity index (χ3v) is 6.89. The molecule has 1 heterocycles. The van der Waals surface area contributed by atoms with Gasteiger partial charge in [0.2, 0.25) is 0 Å². The number of aryl methyl sites for hydroxylation is 3. The van der Waals surface area contributed by atoms with Crippen molar-refractivity contribution in [2.24, 2.45) is 5.41 Å². The molecule has 1 aliphatic rings. The molecule has 0 atom stereocenters. The number of carbonyl (C=O) groups is 2. The van der Waals surface area contributed by atoms with Crippen LogP contribution in [-0.2, 0) is 17.6 Å². The number of carbonyl (C=O) groups excluding carboxylic acids is 1. The van der Waals surface area contributed by atoms with Crippen LogP contribution in [0.4, 0.5) is 0 Å². The predicted molar refractivity (Wildman–Crippen MR) is 121 cm³/mol. The summed E-state index contributed by atoms with van der Waals surface area (Å²) in [4.78, 5) is 25.9. The smallest absolute Gasteiger partial charge is 0.328 e. The van der Waals surface area contributed by atoms with Crippen LogP contribution in [0.15, 0.2) is 24.3 Å². The van der Waals surface area contributed by atoms with Gasteiger partial charge in [-0.15, -0.1) is 11.3 Å². The van der Waals surface area contributed by atoms with E-state index >= 15 is 0 Å². The fourth-order valence-electron chi connectivity index (χ4n) is 4.12. The minimum Gasteiger partial charge on any atom is -0.478 e. The first-order valence-electron chi connectivity index (χ1n) is 9.93. The molecule has 0 unspecified atom stereocenters. The molecule has 0 fully saturated rings. The molecule has 0 radical (unpaired) electrons. The summed E-state index contributed by atoms with van der Waals surface area (Å²) in [7, 11) is 0. The van der Waals surface area contributed by atoms with Crippen LogP contribution < -0.4 is 0 Å². The highest BCUT2D eigenvalue weighted by atomic mass is 32.1. The van der Waals surface area contributed by atoms with Crippen molar-refractivity contribution >= 4 is 35.2 Å². The van der Waals surface area contributed by atoms with Gasteiger partial charge in [0.15, 0.2) is 5.78 Å². The lowest BCUT2D eigenvalue weighted by molar-refractivity contribution is -0.131. The van der Waals surface area contributed by atoms with E-state index < -0.39 is 5.97 Å². The maximum absolute atomic E-state index is 12.9. The standard InChI is InChI=1S/C25H28O3S/c1-15-12-18(13-16(2)19(15)7-9-23(27)28)6-8-22(26)24-20-10-11-25(4,5)14-21(20)17(3)29-24/h6-9,12-13H,10-11,14H2,1-5H3,(H,27,28). The molecule has 0 saturated heterocycles. The molecule has 3 rings (SSSR count). The van der Waals surface area contributed by atoms with E-state index in [1.165, 1.54) is 16.0 Å². The van der Waals surface area contributed by atoms with E-state index in [1.54, 1.807) is 23.5 Å². The van der Waals surface area contributed by atoms with Crippen LogP contribution in [0.2, 0.25) is 0 Å². The first kappa shape index (κ1) is 21.3. The highest BCUT2D eigenvalue weighted by Crippen LogP contribution is 2.41. The molecule has 29 heavy (non-hydrogen) atoms. The van der Waals surface area contributed by atoms with Crippen molar-refractivity contribution in [3.63, 3.8) is 0 Å². The van der Waals surface area contributed by atoms with Crippen LogP contribution in [0.5, 0.6) is 0 Å². The number of rotatable bonds is 5. The highest BCUT2D eigenvalue weighted by Gasteiger charge is 2.30. The summed E-state index contributed by atoms with van der Waals surface area (Å²) in [5.74, 6) is -0.888. The van der Waals surface area contributed by atoms with Crippen LogP contribution in [-0.4, -0.2) is 16.9 Å². The van der Waals surface area contributed by atoms with Crippen LogP contribution in [0.1, 0.15) is 68.2 Å². The Labute approximate surface area is 176 Å². The van der Waals surface area contributed by atoms with Crippen LogP contribution >= 0.6 is 11.3 Å². The van der Waals surface area contributed by atoms with Crippen LogP contribution in [0, 0.1) is 26.2 Å². The van der Waals surface area contributed by atoms with Gasteiger partial charge in [0.1, 0.15) is 0 Å². The Morgan fingerprint density at radius 3 is 2.31 bits per heavy atom. The number of fused-ring (bicyclic) bond motifs is 1. The summed E-state index contributed by atoms with van der Waals surface area (Å²) in [6.07, 6.45) is 9.44. The van der Waals surface area contributed by atoms with E-state index in [1.807, 2.05) is 32.1 Å². The zero-order valence-corrected chi connectivity index (χ0v) is 18.6. The van der Waals surface area contributed by atoms with Crippen molar-refractivity contribution in [1.29, 1.82) is 0 Å². The molecular formula is C25H28O3S. The van der Waals surface area contributed by atoms with Crippen molar-refractivity contribution in [2.75, 3.05) is 0 Å². The quantitative estimate of drug-likeness (QED) is 0.474. The fraction of sp³-hybridized carbons (Fsp3) is 0.360. The highest BCUT2D eigenvalue weighted by molar-refractivity contribution is 7.14. The van der Waals surface area contributed by atoms with Crippen molar-refractivity contribution in [2.45, 2.75) is 53.9 Å². The lowest BCUT2D eigenvalue weighted by atomic mass is 9.74. The molecule has 0 amide bonds. The summed E-state index contributed by atoms with van der Waals surface area (Å²) in [5.41, 5.74) is 6.76. The van der Waals surface area contributed by atoms with Crippen LogP contribution in [0.25, 0.3) is 12.2 Å². The van der Waals surface area contributed by atoms with Crippen molar-refractivity contribution in [1.82, 2.24) is 0 Å². The van der Waals surface area contributed by atoms with Gasteiger partial charge in [-0.1, -0.05) is 32.1 Å². The second-order valence-electron chi connectivity index (χ2n) is 8.72. The fourth-order valence-corrected chi connectivity index (χ4v) is 5.26. The van der Waals surface area contributed by atoms with E-state index in [0.717, 1.165) is 52.5 Å². The number of aliphatic carboxylic acids is 1. The summed E-state index contributed by atoms with van der Waals surface area (Å²) in [6.45, 7) is 10.6. The maximum atomic E-state index is 12.9. The number of carboxylic acid groups (broad SMARTS) is 1. The average molecular weight is 409 g/mol. The molecule has 3 nitrogen and oxygen atoms in total. The number of hydrogen-bond donors (Lipinski definition) is 1. The molecule has 4 heteroatoms. The van der Waals surface area contributed by atoms with Gasteiger partial charge in [-0.05, 0) is 91.0 Å². The monoisotopic (exact) mass is 408 g/mol. The molecule has 0 bridgehead atoms. The summed E-state index contributed by atoms with van der Waals surface area (Å²) >= 11 is 1.63. The lowest BCUT2D eigenvalue weighted by Gasteiger charge is -2.30. The van der Waals surface area contributed by atoms with Crippen LogP contribution in [0.3, 0.4) is 0 Å². The molecule has 2 aromatic rings. The Bertz CT molecular complexity index is 1010. The van der Waals surface area contributed by atoms with Crippen molar-refractivity contribution in [3.8, 4) is 0 Å². The molecular weight excluding hydrogens is 380 g/mol. The van der Waals surface area contributed by atoms with Gasteiger partial charge in [0, 0.05) is 11.0 Å². The van der Waals surface area contributed by atoms with E-state index in [4.69, 9.17) is 5.11 Å². The molecule has 1 aliphatic carbocycles. The van der Waals surface area contributed by atoms with Gasteiger partial charge in [0.25, 0.3) is 0 Å². The zero-order valence-electron chi connectivity index (χ0n) is 17.8. The maximum Gasteiger partial charge on any atom is 0.328 e. The van der Waals surface area contributed by atoms with Gasteiger partial charge in [-0.25, -0.2) is 4.79 Å². The first-order valence-corrected chi connectivity index (χ1v) is 10.7. The minimum atomic E-state index is -0.962.